The maximum absolute atomic E-state index is 12.5. The number of aromatic nitrogens is 3. The van der Waals surface area contributed by atoms with E-state index in [-0.39, 0.29) is 11.7 Å². The lowest BCUT2D eigenvalue weighted by Crippen LogP contribution is -2.16. The number of rotatable bonds is 8. The Morgan fingerprint density at radius 1 is 1.17 bits per heavy atom. The quantitative estimate of drug-likeness (QED) is 0.450. The molecule has 7 heteroatoms. The molecule has 5 nitrogen and oxygen atoms in total. The Morgan fingerprint density at radius 2 is 1.93 bits per heavy atom. The van der Waals surface area contributed by atoms with E-state index in [4.69, 9.17) is 0 Å². The van der Waals surface area contributed by atoms with Crippen LogP contribution in [-0.4, -0.2) is 26.4 Å². The molecule has 0 aliphatic rings. The largest absolute Gasteiger partial charge is 0.325 e. The van der Waals surface area contributed by atoms with Crippen molar-refractivity contribution in [3.05, 3.63) is 70.0 Å². The van der Waals surface area contributed by atoms with Gasteiger partial charge in [-0.05, 0) is 42.2 Å². The molecule has 152 valence electrons. The number of nitrogens with one attached hydrogen (secondary N) is 1. The van der Waals surface area contributed by atoms with E-state index >= 15 is 0 Å². The SMILES string of the molecule is Cc1cc(Br)ccc1NC(=O)CSc1nnc(Cc2ccccc2)n1CC(C)C. The Labute approximate surface area is 184 Å². The number of halogens is 1. The number of nitrogens with zero attached hydrogens (tertiary/aromatic N) is 3. The Hall–Kier alpha value is -2.12. The molecule has 0 radical (unpaired) electrons. The molecule has 1 heterocycles. The number of hydrogen-bond acceptors (Lipinski definition) is 4. The highest BCUT2D eigenvalue weighted by atomic mass is 79.9. The van der Waals surface area contributed by atoms with E-state index in [9.17, 15) is 4.79 Å². The summed E-state index contributed by atoms with van der Waals surface area (Å²) in [5.74, 6) is 1.62. The summed E-state index contributed by atoms with van der Waals surface area (Å²) >= 11 is 4.87. The topological polar surface area (TPSA) is 59.8 Å². The molecule has 0 unspecified atom stereocenters. The minimum atomic E-state index is -0.0517. The number of benzene rings is 2. The summed E-state index contributed by atoms with van der Waals surface area (Å²) in [6, 6.07) is 16.1. The highest BCUT2D eigenvalue weighted by molar-refractivity contribution is 9.10. The molecule has 0 spiro atoms. The van der Waals surface area contributed by atoms with Crippen LogP contribution < -0.4 is 5.32 Å². The van der Waals surface area contributed by atoms with Crippen molar-refractivity contribution in [3.8, 4) is 0 Å². The minimum Gasteiger partial charge on any atom is -0.325 e. The molecule has 2 aromatic carbocycles. The highest BCUT2D eigenvalue weighted by Crippen LogP contribution is 2.23. The maximum atomic E-state index is 12.5. The second kappa shape index (κ2) is 10.1. The molecule has 0 fully saturated rings. The first-order chi connectivity index (χ1) is 13.9. The van der Waals surface area contributed by atoms with Crippen LogP contribution >= 0.6 is 27.7 Å². The van der Waals surface area contributed by atoms with E-state index in [1.54, 1.807) is 0 Å². The standard InChI is InChI=1S/C22H25BrN4OS/c1-15(2)13-27-20(12-17-7-5-4-6-8-17)25-26-22(27)29-14-21(28)24-19-10-9-18(23)11-16(19)3/h4-11,15H,12-14H2,1-3H3,(H,24,28). The smallest absolute Gasteiger partial charge is 0.234 e. The van der Waals surface area contributed by atoms with E-state index in [1.807, 2.05) is 43.3 Å². The second-order valence-electron chi connectivity index (χ2n) is 7.36. The summed E-state index contributed by atoms with van der Waals surface area (Å²) in [4.78, 5) is 12.5. The van der Waals surface area contributed by atoms with E-state index < -0.39 is 0 Å². The normalized spacial score (nSPS) is 11.1. The van der Waals surface area contributed by atoms with Crippen LogP contribution in [0.3, 0.4) is 0 Å². The Morgan fingerprint density at radius 3 is 2.62 bits per heavy atom. The van der Waals surface area contributed by atoms with Crippen molar-refractivity contribution in [1.29, 1.82) is 0 Å². The summed E-state index contributed by atoms with van der Waals surface area (Å²) in [5.41, 5.74) is 3.04. The molecule has 1 N–H and O–H groups in total. The summed E-state index contributed by atoms with van der Waals surface area (Å²) in [6.45, 7) is 7.14. The van der Waals surface area contributed by atoms with Gasteiger partial charge in [0.2, 0.25) is 5.91 Å². The predicted octanol–water partition coefficient (Wildman–Crippen LogP) is 5.33. The average Bonchev–Trinajstić information content (AvgIpc) is 3.04. The third kappa shape index (κ3) is 6.18. The van der Waals surface area contributed by atoms with Gasteiger partial charge in [0.25, 0.3) is 0 Å². The van der Waals surface area contributed by atoms with Crippen molar-refractivity contribution >= 4 is 39.3 Å². The molecular weight excluding hydrogens is 448 g/mol. The second-order valence-corrected chi connectivity index (χ2v) is 9.22. The number of aryl methyl sites for hydroxylation is 1. The van der Waals surface area contributed by atoms with Crippen molar-refractivity contribution in [2.45, 2.75) is 38.9 Å². The zero-order valence-electron chi connectivity index (χ0n) is 16.9. The third-order valence-electron chi connectivity index (χ3n) is 4.34. The lowest BCUT2D eigenvalue weighted by atomic mass is 10.1. The van der Waals surface area contributed by atoms with Crippen molar-refractivity contribution in [2.24, 2.45) is 5.92 Å². The van der Waals surface area contributed by atoms with Gasteiger partial charge in [-0.15, -0.1) is 10.2 Å². The molecule has 1 aromatic heterocycles. The fourth-order valence-corrected chi connectivity index (χ4v) is 4.21. The molecule has 0 atom stereocenters. The molecule has 0 aliphatic carbocycles. The number of hydrogen-bond donors (Lipinski definition) is 1. The van der Waals surface area contributed by atoms with Crippen molar-refractivity contribution in [1.82, 2.24) is 14.8 Å². The fraction of sp³-hybridized carbons (Fsp3) is 0.318. The highest BCUT2D eigenvalue weighted by Gasteiger charge is 2.16. The number of carbonyl (C=O) groups is 1. The van der Waals surface area contributed by atoms with E-state index in [0.29, 0.717) is 5.92 Å². The predicted molar refractivity (Wildman–Crippen MR) is 122 cm³/mol. The molecular formula is C22H25BrN4OS. The van der Waals surface area contributed by atoms with Crippen LogP contribution in [0.2, 0.25) is 0 Å². The summed E-state index contributed by atoms with van der Waals surface area (Å²) in [5, 5.41) is 12.5. The van der Waals surface area contributed by atoms with Gasteiger partial charge in [-0.2, -0.15) is 0 Å². The zero-order valence-corrected chi connectivity index (χ0v) is 19.3. The average molecular weight is 473 g/mol. The Balaban J connectivity index is 1.68. The van der Waals surface area contributed by atoms with Gasteiger partial charge in [0.1, 0.15) is 5.82 Å². The van der Waals surface area contributed by atoms with Crippen LogP contribution in [0, 0.1) is 12.8 Å². The lowest BCUT2D eigenvalue weighted by molar-refractivity contribution is -0.113. The van der Waals surface area contributed by atoms with Crippen LogP contribution in [0.1, 0.15) is 30.8 Å². The molecule has 0 aliphatic heterocycles. The summed E-state index contributed by atoms with van der Waals surface area (Å²) < 4.78 is 3.13. The first kappa shape index (κ1) is 21.6. The van der Waals surface area contributed by atoms with Crippen LogP contribution in [-0.2, 0) is 17.8 Å². The van der Waals surface area contributed by atoms with Crippen LogP contribution in [0.5, 0.6) is 0 Å². The first-order valence-electron chi connectivity index (χ1n) is 9.57. The van der Waals surface area contributed by atoms with Crippen molar-refractivity contribution in [2.75, 3.05) is 11.1 Å². The van der Waals surface area contributed by atoms with Gasteiger partial charge < -0.3 is 9.88 Å². The molecule has 1 amide bonds. The zero-order chi connectivity index (χ0) is 20.8. The Bertz CT molecular complexity index is 972. The van der Waals surface area contributed by atoms with Gasteiger partial charge >= 0.3 is 0 Å². The van der Waals surface area contributed by atoms with Gasteiger partial charge in [0.15, 0.2) is 5.16 Å². The molecule has 0 saturated heterocycles. The third-order valence-corrected chi connectivity index (χ3v) is 5.80. The van der Waals surface area contributed by atoms with Gasteiger partial charge in [0.05, 0.1) is 5.75 Å². The van der Waals surface area contributed by atoms with Gasteiger partial charge in [0, 0.05) is 23.1 Å². The summed E-state index contributed by atoms with van der Waals surface area (Å²) in [6.07, 6.45) is 0.728. The molecule has 29 heavy (non-hydrogen) atoms. The summed E-state index contributed by atoms with van der Waals surface area (Å²) in [7, 11) is 0. The van der Waals surface area contributed by atoms with Crippen LogP contribution in [0.25, 0.3) is 0 Å². The molecule has 0 saturated carbocycles. The van der Waals surface area contributed by atoms with Crippen molar-refractivity contribution in [3.63, 3.8) is 0 Å². The molecule has 3 aromatic rings. The number of amides is 1. The van der Waals surface area contributed by atoms with Gasteiger partial charge in [-0.25, -0.2) is 0 Å². The fourth-order valence-electron chi connectivity index (χ4n) is 2.97. The maximum Gasteiger partial charge on any atom is 0.234 e. The number of carbonyl (C=O) groups excluding carboxylic acids is 1. The Kier molecular flexibility index (Phi) is 7.50. The number of anilines is 1. The molecule has 3 rings (SSSR count). The first-order valence-corrected chi connectivity index (χ1v) is 11.3. The molecule has 0 bridgehead atoms. The van der Waals surface area contributed by atoms with Crippen LogP contribution in [0.15, 0.2) is 58.2 Å². The monoisotopic (exact) mass is 472 g/mol. The van der Waals surface area contributed by atoms with E-state index in [2.05, 4.69) is 62.0 Å². The lowest BCUT2D eigenvalue weighted by Gasteiger charge is -2.13. The van der Waals surface area contributed by atoms with Crippen molar-refractivity contribution < 1.29 is 4.79 Å². The van der Waals surface area contributed by atoms with E-state index in [1.165, 1.54) is 17.3 Å². The number of thioether (sulfide) groups is 1. The van der Waals surface area contributed by atoms with E-state index in [0.717, 1.165) is 39.7 Å². The van der Waals surface area contributed by atoms with Gasteiger partial charge in [-0.1, -0.05) is 71.9 Å². The minimum absolute atomic E-state index is 0.0517. The van der Waals surface area contributed by atoms with Crippen LogP contribution in [0.4, 0.5) is 5.69 Å². The van der Waals surface area contributed by atoms with Gasteiger partial charge in [-0.3, -0.25) is 4.79 Å².